The lowest BCUT2D eigenvalue weighted by Crippen LogP contribution is -2.36. The molecule has 0 unspecified atom stereocenters. The number of alkyl halides is 2. The summed E-state index contributed by atoms with van der Waals surface area (Å²) in [5, 5.41) is 14.5. The lowest BCUT2D eigenvalue weighted by atomic mass is 9.89. The first-order valence-corrected chi connectivity index (χ1v) is 7.53. The number of hydrogen-bond donors (Lipinski definition) is 0. The van der Waals surface area contributed by atoms with E-state index in [0.717, 1.165) is 0 Å². The molecule has 1 aliphatic rings. The topological polar surface area (TPSA) is 106 Å². The number of carbonyl (C=O) groups excluding carboxylic acids is 1. The van der Waals surface area contributed by atoms with Gasteiger partial charge in [-0.05, 0) is 12.1 Å². The Bertz CT molecular complexity index is 789. The van der Waals surface area contributed by atoms with Crippen molar-refractivity contribution in [3.63, 3.8) is 0 Å². The van der Waals surface area contributed by atoms with Crippen LogP contribution in [-0.2, 0) is 4.74 Å². The Labute approximate surface area is 145 Å². The molecule has 0 spiro atoms. The van der Waals surface area contributed by atoms with E-state index in [4.69, 9.17) is 9.47 Å². The van der Waals surface area contributed by atoms with Gasteiger partial charge in [0, 0.05) is 31.0 Å². The van der Waals surface area contributed by atoms with Crippen molar-refractivity contribution in [3.05, 3.63) is 46.6 Å². The van der Waals surface area contributed by atoms with Gasteiger partial charge < -0.3 is 14.2 Å². The average Bonchev–Trinajstić information content (AvgIpc) is 2.97. The van der Waals surface area contributed by atoms with E-state index >= 15 is 0 Å². The molecule has 1 heterocycles. The molecule has 9 nitrogen and oxygen atoms in total. The average molecular weight is 369 g/mol. The molecular formula is C15H13F2N3O6. The SMILES string of the molecule is O=C(Oc1ccc([N+](=O)[O-])cc1)OC1CC(n2nccc2OC(F)F)C1. The molecule has 0 N–H and O–H groups in total. The normalized spacial score (nSPS) is 18.9. The minimum Gasteiger partial charge on any atom is -0.431 e. The van der Waals surface area contributed by atoms with Gasteiger partial charge in [-0.1, -0.05) is 0 Å². The number of nitro groups is 1. The number of non-ortho nitro benzene ring substituents is 1. The Morgan fingerprint density at radius 1 is 1.27 bits per heavy atom. The third-order valence-electron chi connectivity index (χ3n) is 3.77. The fourth-order valence-electron chi connectivity index (χ4n) is 2.49. The fraction of sp³-hybridized carbons (Fsp3) is 0.333. The van der Waals surface area contributed by atoms with Gasteiger partial charge in [-0.15, -0.1) is 0 Å². The van der Waals surface area contributed by atoms with Crippen molar-refractivity contribution in [2.75, 3.05) is 0 Å². The zero-order chi connectivity index (χ0) is 18.7. The van der Waals surface area contributed by atoms with Gasteiger partial charge in [0.1, 0.15) is 11.9 Å². The van der Waals surface area contributed by atoms with E-state index in [1.807, 2.05) is 0 Å². The monoisotopic (exact) mass is 369 g/mol. The van der Waals surface area contributed by atoms with Gasteiger partial charge in [0.15, 0.2) is 0 Å². The molecule has 0 amide bonds. The fourth-order valence-corrected chi connectivity index (χ4v) is 2.49. The van der Waals surface area contributed by atoms with Crippen LogP contribution in [0.5, 0.6) is 11.6 Å². The summed E-state index contributed by atoms with van der Waals surface area (Å²) < 4.78 is 40.3. The van der Waals surface area contributed by atoms with E-state index in [1.165, 1.54) is 41.2 Å². The summed E-state index contributed by atoms with van der Waals surface area (Å²) in [5.74, 6) is 0.0491. The minimum atomic E-state index is -2.95. The number of nitrogens with zero attached hydrogens (tertiary/aromatic N) is 3. The molecular weight excluding hydrogens is 356 g/mol. The van der Waals surface area contributed by atoms with Crippen LogP contribution < -0.4 is 9.47 Å². The molecule has 11 heteroatoms. The highest BCUT2D eigenvalue weighted by Gasteiger charge is 2.36. The summed E-state index contributed by atoms with van der Waals surface area (Å²) in [6.45, 7) is -2.95. The first kappa shape index (κ1) is 17.6. The highest BCUT2D eigenvalue weighted by Crippen LogP contribution is 2.37. The summed E-state index contributed by atoms with van der Waals surface area (Å²) in [6.07, 6.45) is 0.683. The second-order valence-corrected chi connectivity index (χ2v) is 5.46. The Morgan fingerprint density at radius 3 is 2.58 bits per heavy atom. The van der Waals surface area contributed by atoms with Crippen LogP contribution in [0.1, 0.15) is 18.9 Å². The van der Waals surface area contributed by atoms with E-state index in [9.17, 15) is 23.7 Å². The molecule has 0 aliphatic heterocycles. The van der Waals surface area contributed by atoms with Gasteiger partial charge in [0.25, 0.3) is 5.69 Å². The predicted octanol–water partition coefficient (Wildman–Crippen LogP) is 3.31. The molecule has 1 aromatic carbocycles. The number of halogens is 2. The van der Waals surface area contributed by atoms with E-state index < -0.39 is 23.8 Å². The van der Waals surface area contributed by atoms with Crippen molar-refractivity contribution in [2.24, 2.45) is 0 Å². The summed E-state index contributed by atoms with van der Waals surface area (Å²) in [4.78, 5) is 21.7. The summed E-state index contributed by atoms with van der Waals surface area (Å²) in [6, 6.07) is 6.05. The van der Waals surface area contributed by atoms with Crippen LogP contribution in [0.25, 0.3) is 0 Å². The number of ether oxygens (including phenoxy) is 3. The largest absolute Gasteiger partial charge is 0.514 e. The summed E-state index contributed by atoms with van der Waals surface area (Å²) in [7, 11) is 0. The van der Waals surface area contributed by atoms with Crippen molar-refractivity contribution in [3.8, 4) is 11.6 Å². The first-order valence-electron chi connectivity index (χ1n) is 7.53. The molecule has 0 atom stereocenters. The number of rotatable bonds is 6. The number of carbonyl (C=O) groups is 1. The van der Waals surface area contributed by atoms with Crippen molar-refractivity contribution in [1.29, 1.82) is 0 Å². The third-order valence-corrected chi connectivity index (χ3v) is 3.77. The van der Waals surface area contributed by atoms with Crippen LogP contribution in [0.15, 0.2) is 36.5 Å². The minimum absolute atomic E-state index is 0.0584. The Morgan fingerprint density at radius 2 is 1.96 bits per heavy atom. The summed E-state index contributed by atoms with van der Waals surface area (Å²) >= 11 is 0. The second-order valence-electron chi connectivity index (χ2n) is 5.46. The number of benzene rings is 1. The number of aromatic nitrogens is 2. The molecule has 26 heavy (non-hydrogen) atoms. The van der Waals surface area contributed by atoms with Gasteiger partial charge in [-0.3, -0.25) is 10.1 Å². The van der Waals surface area contributed by atoms with E-state index in [2.05, 4.69) is 9.84 Å². The molecule has 0 radical (unpaired) electrons. The predicted molar refractivity (Wildman–Crippen MR) is 81.1 cm³/mol. The van der Waals surface area contributed by atoms with Gasteiger partial charge in [0.2, 0.25) is 5.88 Å². The van der Waals surface area contributed by atoms with Gasteiger partial charge >= 0.3 is 12.8 Å². The van der Waals surface area contributed by atoms with E-state index in [0.29, 0.717) is 12.8 Å². The highest BCUT2D eigenvalue weighted by atomic mass is 19.3. The lowest BCUT2D eigenvalue weighted by molar-refractivity contribution is -0.384. The second kappa shape index (κ2) is 7.33. The van der Waals surface area contributed by atoms with Crippen LogP contribution in [0.3, 0.4) is 0 Å². The molecule has 1 aromatic heterocycles. The Kier molecular flexibility index (Phi) is 4.96. The standard InChI is InChI=1S/C15H13F2N3O6/c16-14(17)26-13-5-6-18-19(13)10-7-12(8-10)25-15(21)24-11-3-1-9(2-4-11)20(22)23/h1-6,10,12,14H,7-8H2. The highest BCUT2D eigenvalue weighted by molar-refractivity contribution is 5.64. The zero-order valence-corrected chi connectivity index (χ0v) is 13.2. The first-order chi connectivity index (χ1) is 12.4. The van der Waals surface area contributed by atoms with Crippen molar-refractivity contribution in [2.45, 2.75) is 31.6 Å². The van der Waals surface area contributed by atoms with Crippen molar-refractivity contribution >= 4 is 11.8 Å². The quantitative estimate of drug-likeness (QED) is 0.333. The lowest BCUT2D eigenvalue weighted by Gasteiger charge is -2.34. The third kappa shape index (κ3) is 4.05. The van der Waals surface area contributed by atoms with Gasteiger partial charge in [0.05, 0.1) is 17.2 Å². The van der Waals surface area contributed by atoms with Crippen molar-refractivity contribution < 1.29 is 32.7 Å². The van der Waals surface area contributed by atoms with Gasteiger partial charge in [-0.25, -0.2) is 9.48 Å². The van der Waals surface area contributed by atoms with Gasteiger partial charge in [-0.2, -0.15) is 13.9 Å². The van der Waals surface area contributed by atoms with E-state index in [-0.39, 0.29) is 23.4 Å². The molecule has 1 aliphatic carbocycles. The molecule has 0 saturated heterocycles. The molecule has 3 rings (SSSR count). The number of hydrogen-bond acceptors (Lipinski definition) is 7. The van der Waals surface area contributed by atoms with Crippen molar-refractivity contribution in [1.82, 2.24) is 9.78 Å². The van der Waals surface area contributed by atoms with Crippen LogP contribution >= 0.6 is 0 Å². The maximum absolute atomic E-state index is 12.3. The van der Waals surface area contributed by atoms with Crippen LogP contribution in [0.4, 0.5) is 19.3 Å². The Balaban J connectivity index is 1.47. The van der Waals surface area contributed by atoms with Crippen LogP contribution in [0, 0.1) is 10.1 Å². The smallest absolute Gasteiger partial charge is 0.431 e. The van der Waals surface area contributed by atoms with Crippen LogP contribution in [-0.4, -0.2) is 33.6 Å². The summed E-state index contributed by atoms with van der Waals surface area (Å²) in [5.41, 5.74) is -0.131. The maximum Gasteiger partial charge on any atom is 0.514 e. The number of nitro benzene ring substituents is 1. The van der Waals surface area contributed by atoms with E-state index in [1.54, 1.807) is 0 Å². The zero-order valence-electron chi connectivity index (χ0n) is 13.2. The molecule has 138 valence electrons. The van der Waals surface area contributed by atoms with Crippen LogP contribution in [0.2, 0.25) is 0 Å². The molecule has 1 fully saturated rings. The maximum atomic E-state index is 12.3. The molecule has 0 bridgehead atoms. The Hall–Kier alpha value is -3.24. The molecule has 2 aromatic rings. The molecule has 1 saturated carbocycles.